The first kappa shape index (κ1) is 13.5. The Bertz CT molecular complexity index is 528. The van der Waals surface area contributed by atoms with Crippen LogP contribution >= 0.6 is 0 Å². The quantitative estimate of drug-likeness (QED) is 0.865. The van der Waals surface area contributed by atoms with Crippen molar-refractivity contribution in [2.45, 2.75) is 12.5 Å². The molecular formula is C15H15F2NO. The van der Waals surface area contributed by atoms with Crippen LogP contribution in [0.4, 0.5) is 14.5 Å². The largest absolute Gasteiger partial charge is 0.388 e. The van der Waals surface area contributed by atoms with Gasteiger partial charge in [-0.1, -0.05) is 18.2 Å². The fourth-order valence-corrected chi connectivity index (χ4v) is 1.80. The average molecular weight is 263 g/mol. The molecule has 19 heavy (non-hydrogen) atoms. The first-order valence-electron chi connectivity index (χ1n) is 6.08. The maximum absolute atomic E-state index is 12.9. The van der Waals surface area contributed by atoms with Crippen LogP contribution in [0.1, 0.15) is 18.1 Å². The van der Waals surface area contributed by atoms with Gasteiger partial charge < -0.3 is 10.4 Å². The van der Waals surface area contributed by atoms with Crippen molar-refractivity contribution in [3.63, 3.8) is 0 Å². The molecule has 0 radical (unpaired) electrons. The number of anilines is 1. The third-order valence-electron chi connectivity index (χ3n) is 2.83. The second-order valence-corrected chi connectivity index (χ2v) is 4.29. The number of hydrogen-bond acceptors (Lipinski definition) is 2. The summed E-state index contributed by atoms with van der Waals surface area (Å²) in [7, 11) is 0. The molecule has 0 heterocycles. The molecule has 4 heteroatoms. The number of hydrogen-bond donors (Lipinski definition) is 2. The molecule has 0 amide bonds. The van der Waals surface area contributed by atoms with Gasteiger partial charge in [0.05, 0.1) is 6.10 Å². The van der Waals surface area contributed by atoms with E-state index in [1.807, 2.05) is 0 Å². The lowest BCUT2D eigenvalue weighted by molar-refractivity contribution is 0.171. The summed E-state index contributed by atoms with van der Waals surface area (Å²) in [5.41, 5.74) is 1.34. The van der Waals surface area contributed by atoms with Crippen LogP contribution in [0.15, 0.2) is 48.5 Å². The van der Waals surface area contributed by atoms with E-state index in [1.54, 1.807) is 24.3 Å². The molecule has 0 aromatic heterocycles. The van der Waals surface area contributed by atoms with Crippen LogP contribution in [0.5, 0.6) is 0 Å². The summed E-state index contributed by atoms with van der Waals surface area (Å²) in [5, 5.41) is 12.9. The Labute approximate surface area is 110 Å². The molecule has 1 unspecified atom stereocenters. The Morgan fingerprint density at radius 3 is 2.42 bits per heavy atom. The van der Waals surface area contributed by atoms with Crippen LogP contribution in [-0.2, 0) is 0 Å². The Hall–Kier alpha value is -1.94. The molecular weight excluding hydrogens is 248 g/mol. The molecule has 2 N–H and O–H groups in total. The predicted molar refractivity (Wildman–Crippen MR) is 70.9 cm³/mol. The molecule has 0 saturated heterocycles. The number of aliphatic hydroxyl groups is 1. The highest BCUT2D eigenvalue weighted by Crippen LogP contribution is 2.17. The molecule has 2 aromatic carbocycles. The van der Waals surface area contributed by atoms with Gasteiger partial charge in [0.1, 0.15) is 11.6 Å². The van der Waals surface area contributed by atoms with E-state index in [-0.39, 0.29) is 11.6 Å². The minimum absolute atomic E-state index is 0.302. The normalized spacial score (nSPS) is 12.2. The van der Waals surface area contributed by atoms with Crippen LogP contribution in [0, 0.1) is 11.6 Å². The van der Waals surface area contributed by atoms with Gasteiger partial charge in [-0.15, -0.1) is 0 Å². The first-order chi connectivity index (χ1) is 9.15. The van der Waals surface area contributed by atoms with E-state index in [0.717, 1.165) is 0 Å². The smallest absolute Gasteiger partial charge is 0.125 e. The lowest BCUT2D eigenvalue weighted by Crippen LogP contribution is -2.07. The standard InChI is InChI=1S/C15H15F2NO/c16-12-6-4-11(5-7-12)15(19)8-9-18-14-3-1-2-13(17)10-14/h1-7,10,15,18-19H,8-9H2. The van der Waals surface area contributed by atoms with Crippen molar-refractivity contribution in [1.82, 2.24) is 0 Å². The van der Waals surface area contributed by atoms with E-state index in [2.05, 4.69) is 5.32 Å². The minimum Gasteiger partial charge on any atom is -0.388 e. The second kappa shape index (κ2) is 6.29. The lowest BCUT2D eigenvalue weighted by Gasteiger charge is -2.12. The van der Waals surface area contributed by atoms with Gasteiger partial charge in [-0.05, 0) is 42.3 Å². The Morgan fingerprint density at radius 1 is 1.00 bits per heavy atom. The number of halogens is 2. The Balaban J connectivity index is 1.84. The topological polar surface area (TPSA) is 32.3 Å². The number of aliphatic hydroxyl groups excluding tert-OH is 1. The van der Waals surface area contributed by atoms with E-state index in [4.69, 9.17) is 0 Å². The van der Waals surface area contributed by atoms with Gasteiger partial charge in [0.25, 0.3) is 0 Å². The maximum atomic E-state index is 12.9. The molecule has 0 aliphatic heterocycles. The van der Waals surface area contributed by atoms with Gasteiger partial charge in [0, 0.05) is 12.2 Å². The van der Waals surface area contributed by atoms with E-state index in [1.165, 1.54) is 24.3 Å². The SMILES string of the molecule is OC(CCNc1cccc(F)c1)c1ccc(F)cc1. The zero-order valence-electron chi connectivity index (χ0n) is 10.3. The van der Waals surface area contributed by atoms with Crippen molar-refractivity contribution in [3.8, 4) is 0 Å². The van der Waals surface area contributed by atoms with Crippen molar-refractivity contribution < 1.29 is 13.9 Å². The number of benzene rings is 2. The fourth-order valence-electron chi connectivity index (χ4n) is 1.80. The number of nitrogens with one attached hydrogen (secondary N) is 1. The minimum atomic E-state index is -0.665. The zero-order valence-corrected chi connectivity index (χ0v) is 10.3. The highest BCUT2D eigenvalue weighted by atomic mass is 19.1. The Morgan fingerprint density at radius 2 is 1.74 bits per heavy atom. The molecule has 2 nitrogen and oxygen atoms in total. The van der Waals surface area contributed by atoms with Crippen molar-refractivity contribution in [2.24, 2.45) is 0 Å². The molecule has 0 bridgehead atoms. The highest BCUT2D eigenvalue weighted by Gasteiger charge is 2.07. The molecule has 0 fully saturated rings. The fraction of sp³-hybridized carbons (Fsp3) is 0.200. The average Bonchev–Trinajstić information content (AvgIpc) is 2.39. The van der Waals surface area contributed by atoms with E-state index in [9.17, 15) is 13.9 Å². The van der Waals surface area contributed by atoms with Gasteiger partial charge in [-0.3, -0.25) is 0 Å². The molecule has 1 atom stereocenters. The summed E-state index contributed by atoms with van der Waals surface area (Å²) < 4.78 is 25.7. The summed E-state index contributed by atoms with van der Waals surface area (Å²) in [6, 6.07) is 11.9. The molecule has 0 saturated carbocycles. The van der Waals surface area contributed by atoms with E-state index >= 15 is 0 Å². The van der Waals surface area contributed by atoms with Crippen molar-refractivity contribution in [3.05, 3.63) is 65.7 Å². The summed E-state index contributed by atoms with van der Waals surface area (Å²) in [4.78, 5) is 0. The molecule has 0 aliphatic rings. The summed E-state index contributed by atoms with van der Waals surface area (Å²) >= 11 is 0. The third kappa shape index (κ3) is 4.03. The molecule has 2 aromatic rings. The van der Waals surface area contributed by atoms with Crippen molar-refractivity contribution in [1.29, 1.82) is 0 Å². The van der Waals surface area contributed by atoms with Gasteiger partial charge >= 0.3 is 0 Å². The van der Waals surface area contributed by atoms with Gasteiger partial charge in [0.15, 0.2) is 0 Å². The molecule has 0 aliphatic carbocycles. The van der Waals surface area contributed by atoms with Crippen LogP contribution in [0.2, 0.25) is 0 Å². The van der Waals surface area contributed by atoms with Crippen LogP contribution in [0.3, 0.4) is 0 Å². The second-order valence-electron chi connectivity index (χ2n) is 4.29. The molecule has 0 spiro atoms. The van der Waals surface area contributed by atoms with Crippen LogP contribution < -0.4 is 5.32 Å². The van der Waals surface area contributed by atoms with Crippen LogP contribution in [0.25, 0.3) is 0 Å². The summed E-state index contributed by atoms with van der Waals surface area (Å²) in [6.07, 6.45) is -0.205. The van der Waals surface area contributed by atoms with Crippen LogP contribution in [-0.4, -0.2) is 11.7 Å². The summed E-state index contributed by atoms with van der Waals surface area (Å²) in [5.74, 6) is -0.627. The summed E-state index contributed by atoms with van der Waals surface area (Å²) in [6.45, 7) is 0.502. The molecule has 2 rings (SSSR count). The van der Waals surface area contributed by atoms with E-state index < -0.39 is 6.10 Å². The van der Waals surface area contributed by atoms with Crippen molar-refractivity contribution in [2.75, 3.05) is 11.9 Å². The first-order valence-corrected chi connectivity index (χ1v) is 6.08. The number of rotatable bonds is 5. The lowest BCUT2D eigenvalue weighted by atomic mass is 10.1. The maximum Gasteiger partial charge on any atom is 0.125 e. The third-order valence-corrected chi connectivity index (χ3v) is 2.83. The van der Waals surface area contributed by atoms with Gasteiger partial charge in [-0.25, -0.2) is 8.78 Å². The van der Waals surface area contributed by atoms with E-state index in [0.29, 0.717) is 24.2 Å². The zero-order chi connectivity index (χ0) is 13.7. The monoisotopic (exact) mass is 263 g/mol. The van der Waals surface area contributed by atoms with Gasteiger partial charge in [0.2, 0.25) is 0 Å². The van der Waals surface area contributed by atoms with Gasteiger partial charge in [-0.2, -0.15) is 0 Å². The predicted octanol–water partition coefficient (Wildman–Crippen LogP) is 3.50. The highest BCUT2D eigenvalue weighted by molar-refractivity contribution is 5.42. The van der Waals surface area contributed by atoms with Crippen molar-refractivity contribution >= 4 is 5.69 Å². The Kier molecular flexibility index (Phi) is 4.47. The molecule has 100 valence electrons.